The SMILES string of the molecule is CCCN1CC(=O)N(Cc2cc(C(F)(F)F)ccc2C)[C@H](C)C1=O. The fourth-order valence-electron chi connectivity index (χ4n) is 2.83. The van der Waals surface area contributed by atoms with Crippen LogP contribution in [0, 0.1) is 6.92 Å². The number of alkyl halides is 3. The molecule has 1 aromatic rings. The van der Waals surface area contributed by atoms with Gasteiger partial charge in [0.15, 0.2) is 0 Å². The number of aryl methyl sites for hydroxylation is 1. The number of carbonyl (C=O) groups is 2. The van der Waals surface area contributed by atoms with E-state index in [1.54, 1.807) is 13.8 Å². The van der Waals surface area contributed by atoms with Gasteiger partial charge in [0.1, 0.15) is 6.04 Å². The minimum absolute atomic E-state index is 0.00145. The Morgan fingerprint density at radius 3 is 2.50 bits per heavy atom. The maximum atomic E-state index is 12.9. The van der Waals surface area contributed by atoms with Gasteiger partial charge < -0.3 is 9.80 Å². The molecule has 0 spiro atoms. The van der Waals surface area contributed by atoms with Gasteiger partial charge in [0.05, 0.1) is 12.1 Å². The number of hydrogen-bond acceptors (Lipinski definition) is 2. The summed E-state index contributed by atoms with van der Waals surface area (Å²) in [7, 11) is 0. The van der Waals surface area contributed by atoms with E-state index in [-0.39, 0.29) is 24.9 Å². The van der Waals surface area contributed by atoms with Crippen molar-refractivity contribution in [1.29, 1.82) is 0 Å². The van der Waals surface area contributed by atoms with Crippen LogP contribution in [-0.2, 0) is 22.3 Å². The van der Waals surface area contributed by atoms with Crippen LogP contribution in [0.1, 0.15) is 37.0 Å². The Morgan fingerprint density at radius 2 is 1.92 bits per heavy atom. The highest BCUT2D eigenvalue weighted by atomic mass is 19.4. The van der Waals surface area contributed by atoms with E-state index in [4.69, 9.17) is 0 Å². The smallest absolute Gasteiger partial charge is 0.332 e. The summed E-state index contributed by atoms with van der Waals surface area (Å²) in [5, 5.41) is 0. The minimum Gasteiger partial charge on any atom is -0.332 e. The lowest BCUT2D eigenvalue weighted by Crippen LogP contribution is -2.58. The monoisotopic (exact) mass is 342 g/mol. The Kier molecular flexibility index (Phi) is 5.20. The van der Waals surface area contributed by atoms with Gasteiger partial charge in [-0.25, -0.2) is 0 Å². The summed E-state index contributed by atoms with van der Waals surface area (Å²) in [6.45, 7) is 5.72. The first kappa shape index (κ1) is 18.3. The second-order valence-corrected chi connectivity index (χ2v) is 6.10. The normalized spacial score (nSPS) is 19.2. The fourth-order valence-corrected chi connectivity index (χ4v) is 2.83. The lowest BCUT2D eigenvalue weighted by Gasteiger charge is -2.39. The molecule has 0 aliphatic carbocycles. The van der Waals surface area contributed by atoms with Gasteiger partial charge in [-0.05, 0) is 43.5 Å². The van der Waals surface area contributed by atoms with Crippen molar-refractivity contribution < 1.29 is 22.8 Å². The average molecular weight is 342 g/mol. The molecule has 0 bridgehead atoms. The van der Waals surface area contributed by atoms with Crippen LogP contribution in [0.4, 0.5) is 13.2 Å². The van der Waals surface area contributed by atoms with Crippen LogP contribution in [0.25, 0.3) is 0 Å². The van der Waals surface area contributed by atoms with Gasteiger partial charge in [0.2, 0.25) is 11.8 Å². The third-order valence-electron chi connectivity index (χ3n) is 4.29. The number of carbonyl (C=O) groups excluding carboxylic acids is 2. The number of nitrogens with zero attached hydrogens (tertiary/aromatic N) is 2. The second kappa shape index (κ2) is 6.83. The molecule has 2 amide bonds. The van der Waals surface area contributed by atoms with E-state index in [2.05, 4.69) is 0 Å². The van der Waals surface area contributed by atoms with Crippen LogP contribution < -0.4 is 0 Å². The van der Waals surface area contributed by atoms with Crippen LogP contribution >= 0.6 is 0 Å². The number of halogens is 3. The van der Waals surface area contributed by atoms with Crippen molar-refractivity contribution >= 4 is 11.8 Å². The zero-order chi connectivity index (χ0) is 18.1. The van der Waals surface area contributed by atoms with E-state index < -0.39 is 17.8 Å². The lowest BCUT2D eigenvalue weighted by atomic mass is 10.0. The zero-order valence-corrected chi connectivity index (χ0v) is 14.0. The summed E-state index contributed by atoms with van der Waals surface area (Å²) in [4.78, 5) is 27.5. The Bertz CT molecular complexity index is 643. The molecule has 7 heteroatoms. The maximum absolute atomic E-state index is 12.9. The third kappa shape index (κ3) is 3.71. The molecule has 0 aromatic heterocycles. The first-order valence-electron chi connectivity index (χ1n) is 7.90. The van der Waals surface area contributed by atoms with Gasteiger partial charge >= 0.3 is 6.18 Å². The van der Waals surface area contributed by atoms with Gasteiger partial charge in [0, 0.05) is 13.1 Å². The van der Waals surface area contributed by atoms with E-state index in [1.165, 1.54) is 15.9 Å². The molecule has 1 aliphatic heterocycles. The molecule has 0 unspecified atom stereocenters. The largest absolute Gasteiger partial charge is 0.416 e. The Balaban J connectivity index is 2.25. The topological polar surface area (TPSA) is 40.6 Å². The van der Waals surface area contributed by atoms with E-state index in [1.807, 2.05) is 6.92 Å². The molecule has 1 fully saturated rings. The molecule has 1 aliphatic rings. The molecule has 1 aromatic carbocycles. The lowest BCUT2D eigenvalue weighted by molar-refractivity contribution is -0.155. The standard InChI is InChI=1S/C17H21F3N2O2/c1-4-7-21-10-15(23)22(12(3)16(21)24)9-13-8-14(17(18,19)20)6-5-11(13)2/h5-6,8,12H,4,7,9-10H2,1-3H3/t12-/m1/s1. The Morgan fingerprint density at radius 1 is 1.25 bits per heavy atom. The predicted octanol–water partition coefficient (Wildman–Crippen LogP) is 2.98. The summed E-state index contributed by atoms with van der Waals surface area (Å²) in [5.41, 5.74) is 0.312. The highest BCUT2D eigenvalue weighted by Gasteiger charge is 2.36. The van der Waals surface area contributed by atoms with Crippen molar-refractivity contribution in [2.75, 3.05) is 13.1 Å². The zero-order valence-electron chi connectivity index (χ0n) is 14.0. The van der Waals surface area contributed by atoms with Crippen LogP contribution in [0.3, 0.4) is 0 Å². The molecule has 0 N–H and O–H groups in total. The van der Waals surface area contributed by atoms with Crippen molar-refractivity contribution in [2.24, 2.45) is 0 Å². The van der Waals surface area contributed by atoms with Gasteiger partial charge in [-0.2, -0.15) is 13.2 Å². The molecule has 4 nitrogen and oxygen atoms in total. The molecule has 24 heavy (non-hydrogen) atoms. The highest BCUT2D eigenvalue weighted by Crippen LogP contribution is 2.31. The highest BCUT2D eigenvalue weighted by molar-refractivity contribution is 5.94. The molecule has 1 heterocycles. The van der Waals surface area contributed by atoms with E-state index in [0.717, 1.165) is 18.6 Å². The predicted molar refractivity (Wildman–Crippen MR) is 83.1 cm³/mol. The molecule has 1 saturated heterocycles. The van der Waals surface area contributed by atoms with Crippen molar-refractivity contribution in [2.45, 2.75) is 46.0 Å². The van der Waals surface area contributed by atoms with E-state index in [9.17, 15) is 22.8 Å². The molecule has 0 radical (unpaired) electrons. The number of amides is 2. The Labute approximate surface area is 139 Å². The summed E-state index contributed by atoms with van der Waals surface area (Å²) in [5.74, 6) is -0.409. The van der Waals surface area contributed by atoms with Crippen molar-refractivity contribution in [3.63, 3.8) is 0 Å². The first-order chi connectivity index (χ1) is 11.1. The van der Waals surface area contributed by atoms with Crippen molar-refractivity contribution in [1.82, 2.24) is 9.80 Å². The number of rotatable bonds is 4. The quantitative estimate of drug-likeness (QED) is 0.844. The molecule has 132 valence electrons. The first-order valence-corrected chi connectivity index (χ1v) is 7.90. The van der Waals surface area contributed by atoms with Crippen LogP contribution in [0.5, 0.6) is 0 Å². The molecular weight excluding hydrogens is 321 g/mol. The van der Waals surface area contributed by atoms with Gasteiger partial charge in [-0.3, -0.25) is 9.59 Å². The van der Waals surface area contributed by atoms with Crippen LogP contribution in [0.2, 0.25) is 0 Å². The van der Waals surface area contributed by atoms with E-state index in [0.29, 0.717) is 17.7 Å². The van der Waals surface area contributed by atoms with Crippen LogP contribution in [-0.4, -0.2) is 40.7 Å². The average Bonchev–Trinajstić information content (AvgIpc) is 2.49. The van der Waals surface area contributed by atoms with E-state index >= 15 is 0 Å². The van der Waals surface area contributed by atoms with Gasteiger partial charge in [-0.15, -0.1) is 0 Å². The maximum Gasteiger partial charge on any atom is 0.416 e. The van der Waals surface area contributed by atoms with Crippen molar-refractivity contribution in [3.05, 3.63) is 34.9 Å². The summed E-state index contributed by atoms with van der Waals surface area (Å²) < 4.78 is 38.7. The van der Waals surface area contributed by atoms with Gasteiger partial charge in [0.25, 0.3) is 0 Å². The molecule has 0 saturated carbocycles. The molecule has 2 rings (SSSR count). The fraction of sp³-hybridized carbons (Fsp3) is 0.529. The summed E-state index contributed by atoms with van der Waals surface area (Å²) in [6, 6.07) is 2.79. The number of benzene rings is 1. The number of hydrogen-bond donors (Lipinski definition) is 0. The molecule has 1 atom stereocenters. The Hall–Kier alpha value is -2.05. The van der Waals surface area contributed by atoms with Crippen molar-refractivity contribution in [3.8, 4) is 0 Å². The summed E-state index contributed by atoms with van der Waals surface area (Å²) >= 11 is 0. The van der Waals surface area contributed by atoms with Gasteiger partial charge in [-0.1, -0.05) is 13.0 Å². The third-order valence-corrected chi connectivity index (χ3v) is 4.29. The molecular formula is C17H21F3N2O2. The summed E-state index contributed by atoms with van der Waals surface area (Å²) in [6.07, 6.45) is -3.69. The number of piperazine rings is 1. The van der Waals surface area contributed by atoms with Crippen LogP contribution in [0.15, 0.2) is 18.2 Å². The second-order valence-electron chi connectivity index (χ2n) is 6.10. The minimum atomic E-state index is -4.44.